The first kappa shape index (κ1) is 29.4. The lowest BCUT2D eigenvalue weighted by molar-refractivity contribution is -0.139. The second-order valence-corrected chi connectivity index (χ2v) is 5.26. The predicted molar refractivity (Wildman–Crippen MR) is 101 cm³/mol. The van der Waals surface area contributed by atoms with Crippen molar-refractivity contribution in [2.24, 2.45) is 5.41 Å². The van der Waals surface area contributed by atoms with Crippen LogP contribution in [0.2, 0.25) is 0 Å². The average molecular weight is 330 g/mol. The number of nitrogens with zero attached hydrogens (tertiary/aromatic N) is 1. The van der Waals surface area contributed by atoms with Gasteiger partial charge in [0.2, 0.25) is 0 Å². The van der Waals surface area contributed by atoms with Gasteiger partial charge >= 0.3 is 5.97 Å². The zero-order valence-electron chi connectivity index (χ0n) is 17.2. The van der Waals surface area contributed by atoms with Crippen molar-refractivity contribution in [2.45, 2.75) is 75.7 Å². The van der Waals surface area contributed by atoms with Crippen molar-refractivity contribution in [3.63, 3.8) is 0 Å². The summed E-state index contributed by atoms with van der Waals surface area (Å²) in [6.45, 7) is 20.8. The number of aromatic nitrogens is 1. The first-order valence-corrected chi connectivity index (χ1v) is 8.43. The molecule has 1 heterocycles. The highest BCUT2D eigenvalue weighted by atomic mass is 16.5. The van der Waals surface area contributed by atoms with Crippen LogP contribution in [0.1, 0.15) is 74.9 Å². The van der Waals surface area contributed by atoms with Crippen LogP contribution in [0.15, 0.2) is 18.3 Å². The third-order valence-corrected chi connectivity index (χ3v) is 1.36. The molecule has 0 fully saturated rings. The molecule has 0 aliphatic rings. The van der Waals surface area contributed by atoms with Gasteiger partial charge in [-0.15, -0.1) is 0 Å². The highest BCUT2D eigenvalue weighted by Gasteiger charge is 2.02. The fourth-order valence-corrected chi connectivity index (χ4v) is 0.741. The molecule has 0 aliphatic carbocycles. The number of carbonyl (C=O) groups excluding carboxylic acids is 1. The molecule has 0 atom stereocenters. The summed E-state index contributed by atoms with van der Waals surface area (Å²) in [5.41, 5.74) is 1.08. The molecule has 0 radical (unpaired) electrons. The number of aromatic hydroxyl groups is 1. The van der Waals surface area contributed by atoms with Crippen LogP contribution in [-0.2, 0) is 16.0 Å². The molecule has 23 heavy (non-hydrogen) atoms. The zero-order chi connectivity index (χ0) is 19.5. The Morgan fingerprint density at radius 1 is 1.04 bits per heavy atom. The van der Waals surface area contributed by atoms with E-state index in [9.17, 15) is 4.79 Å². The number of hydrogen-bond donors (Lipinski definition) is 1. The summed E-state index contributed by atoms with van der Waals surface area (Å²) in [7, 11) is 1.32. The molecule has 4 heteroatoms. The third-order valence-electron chi connectivity index (χ3n) is 1.36. The van der Waals surface area contributed by atoms with Gasteiger partial charge in [-0.25, -0.2) is 0 Å². The quantitative estimate of drug-likeness (QED) is 0.714. The van der Waals surface area contributed by atoms with Crippen LogP contribution in [0, 0.1) is 5.41 Å². The van der Waals surface area contributed by atoms with Gasteiger partial charge in [-0.2, -0.15) is 0 Å². The summed E-state index contributed by atoms with van der Waals surface area (Å²) < 4.78 is 4.44. The molecular formula is C19H39NO3. The normalized spacial score (nSPS) is 8.30. The van der Waals surface area contributed by atoms with Gasteiger partial charge < -0.3 is 9.84 Å². The summed E-state index contributed by atoms with van der Waals surface area (Å²) in [4.78, 5) is 14.6. The number of rotatable bonds is 2. The fraction of sp³-hybridized carbons (Fsp3) is 0.684. The molecule has 0 saturated carbocycles. The Kier molecular flexibility index (Phi) is 26.1. The molecule has 138 valence electrons. The van der Waals surface area contributed by atoms with Crippen LogP contribution < -0.4 is 0 Å². The van der Waals surface area contributed by atoms with Crippen molar-refractivity contribution in [1.82, 2.24) is 4.98 Å². The minimum atomic E-state index is -0.340. The first-order valence-electron chi connectivity index (χ1n) is 8.43. The predicted octanol–water partition coefficient (Wildman–Crippen LogP) is 5.63. The summed E-state index contributed by atoms with van der Waals surface area (Å²) in [5.74, 6) is -0.253. The molecule has 1 aromatic heterocycles. The van der Waals surface area contributed by atoms with Gasteiger partial charge in [0.05, 0.1) is 25.4 Å². The zero-order valence-corrected chi connectivity index (χ0v) is 17.2. The Balaban J connectivity index is -0.000000138. The van der Waals surface area contributed by atoms with E-state index in [0.717, 1.165) is 0 Å². The Morgan fingerprint density at radius 2 is 1.43 bits per heavy atom. The maximum atomic E-state index is 10.7. The Morgan fingerprint density at radius 3 is 1.70 bits per heavy atom. The molecule has 1 N–H and O–H groups in total. The standard InChI is InChI=1S/C8H9NO3.C5H12.3C2H6/c1-12-8(11)4-6-2-3-7(10)5-9-6;1-5(2,3)4;3*1-2/h2-3,5,10H,4H2,1H3;1-4H3;3*1-2H3. The van der Waals surface area contributed by atoms with E-state index in [4.69, 9.17) is 5.11 Å². The molecule has 0 saturated heterocycles. The second-order valence-electron chi connectivity index (χ2n) is 5.26. The van der Waals surface area contributed by atoms with Crippen molar-refractivity contribution in [3.05, 3.63) is 24.0 Å². The van der Waals surface area contributed by atoms with E-state index in [0.29, 0.717) is 11.1 Å². The fourth-order valence-electron chi connectivity index (χ4n) is 0.741. The maximum absolute atomic E-state index is 10.7. The average Bonchev–Trinajstić information content (AvgIpc) is 2.54. The maximum Gasteiger partial charge on any atom is 0.311 e. The van der Waals surface area contributed by atoms with Gasteiger partial charge in [0.15, 0.2) is 0 Å². The molecule has 4 nitrogen and oxygen atoms in total. The van der Waals surface area contributed by atoms with Gasteiger partial charge in [-0.1, -0.05) is 69.2 Å². The number of carbonyl (C=O) groups is 1. The summed E-state index contributed by atoms with van der Waals surface area (Å²) in [5, 5.41) is 8.87. The highest BCUT2D eigenvalue weighted by Crippen LogP contribution is 2.08. The number of ether oxygens (including phenoxy) is 1. The lowest BCUT2D eigenvalue weighted by Gasteiger charge is -2.05. The molecule has 0 bridgehead atoms. The summed E-state index contributed by atoms with van der Waals surface area (Å²) >= 11 is 0. The van der Waals surface area contributed by atoms with E-state index in [1.165, 1.54) is 19.4 Å². The summed E-state index contributed by atoms with van der Waals surface area (Å²) in [6, 6.07) is 3.05. The molecule has 0 amide bonds. The van der Waals surface area contributed by atoms with Crippen molar-refractivity contribution in [3.8, 4) is 5.75 Å². The lowest BCUT2D eigenvalue weighted by Crippen LogP contribution is -2.05. The van der Waals surface area contributed by atoms with Crippen LogP contribution in [0.25, 0.3) is 0 Å². The van der Waals surface area contributed by atoms with E-state index < -0.39 is 0 Å². The van der Waals surface area contributed by atoms with Crippen LogP contribution in [-0.4, -0.2) is 23.2 Å². The minimum absolute atomic E-state index is 0.0867. The van der Waals surface area contributed by atoms with E-state index in [-0.39, 0.29) is 18.1 Å². The lowest BCUT2D eigenvalue weighted by atomic mass is 10.0. The van der Waals surface area contributed by atoms with Gasteiger partial charge in [0.1, 0.15) is 5.75 Å². The topological polar surface area (TPSA) is 59.4 Å². The van der Waals surface area contributed by atoms with Crippen molar-refractivity contribution in [1.29, 1.82) is 0 Å². The van der Waals surface area contributed by atoms with Gasteiger partial charge in [0, 0.05) is 0 Å². The molecule has 0 unspecified atom stereocenters. The molecule has 0 spiro atoms. The van der Waals surface area contributed by atoms with Gasteiger partial charge in [-0.3, -0.25) is 9.78 Å². The van der Waals surface area contributed by atoms with E-state index >= 15 is 0 Å². The van der Waals surface area contributed by atoms with Crippen LogP contribution in [0.4, 0.5) is 0 Å². The Hall–Kier alpha value is -1.58. The van der Waals surface area contributed by atoms with Crippen LogP contribution >= 0.6 is 0 Å². The number of pyridine rings is 1. The van der Waals surface area contributed by atoms with Crippen molar-refractivity contribution in [2.75, 3.05) is 7.11 Å². The first-order chi connectivity index (χ1) is 10.7. The van der Waals surface area contributed by atoms with Crippen molar-refractivity contribution >= 4 is 5.97 Å². The monoisotopic (exact) mass is 329 g/mol. The van der Waals surface area contributed by atoms with E-state index in [1.54, 1.807) is 6.07 Å². The molecular weight excluding hydrogens is 290 g/mol. The second kappa shape index (κ2) is 20.4. The molecule has 0 aliphatic heterocycles. The van der Waals surface area contributed by atoms with E-state index in [1.807, 2.05) is 41.5 Å². The number of hydrogen-bond acceptors (Lipinski definition) is 4. The molecule has 1 aromatic rings. The van der Waals surface area contributed by atoms with Crippen molar-refractivity contribution < 1.29 is 14.6 Å². The number of esters is 1. The van der Waals surface area contributed by atoms with E-state index in [2.05, 4.69) is 37.4 Å². The third kappa shape index (κ3) is 33.3. The Bertz CT molecular complexity index is 335. The summed E-state index contributed by atoms with van der Waals surface area (Å²) in [6.07, 6.45) is 1.43. The van der Waals surface area contributed by atoms with Gasteiger partial charge in [0.25, 0.3) is 0 Å². The molecule has 0 aromatic carbocycles. The van der Waals surface area contributed by atoms with Crippen LogP contribution in [0.3, 0.4) is 0 Å². The van der Waals surface area contributed by atoms with Crippen LogP contribution in [0.5, 0.6) is 5.75 Å². The highest BCUT2D eigenvalue weighted by molar-refractivity contribution is 5.71. The molecule has 1 rings (SSSR count). The number of methoxy groups -OCH3 is 1. The smallest absolute Gasteiger partial charge is 0.311 e. The SMILES string of the molecule is CC.CC.CC.CC(C)(C)C.COC(=O)Cc1ccc(O)cn1. The van der Waals surface area contributed by atoms with Gasteiger partial charge in [-0.05, 0) is 17.5 Å². The Labute approximate surface area is 144 Å². The minimum Gasteiger partial charge on any atom is -0.506 e. The largest absolute Gasteiger partial charge is 0.506 e.